The predicted octanol–water partition coefficient (Wildman–Crippen LogP) is 2.25. The van der Waals surface area contributed by atoms with E-state index in [1.54, 1.807) is 6.08 Å². The van der Waals surface area contributed by atoms with E-state index in [0.717, 1.165) is 6.08 Å². The van der Waals surface area contributed by atoms with E-state index in [1.807, 2.05) is 13.1 Å². The van der Waals surface area contributed by atoms with Gasteiger partial charge in [-0.15, -0.1) is 0 Å². The molecule has 0 aromatic rings. The van der Waals surface area contributed by atoms with E-state index in [0.29, 0.717) is 0 Å². The van der Waals surface area contributed by atoms with Gasteiger partial charge in [-0.1, -0.05) is 32.3 Å². The molecule has 0 spiro atoms. The minimum absolute atomic E-state index is 0.357. The van der Waals surface area contributed by atoms with E-state index in [-0.39, 0.29) is 5.73 Å². The average molecular weight is 205 g/mol. The van der Waals surface area contributed by atoms with Crippen molar-refractivity contribution in [2.75, 3.05) is 0 Å². The lowest BCUT2D eigenvalue weighted by Crippen LogP contribution is -2.37. The van der Waals surface area contributed by atoms with E-state index < -0.39 is 13.4 Å². The van der Waals surface area contributed by atoms with Crippen LogP contribution >= 0.6 is 11.1 Å². The molecule has 0 amide bonds. The average Bonchev–Trinajstić information content (AvgIpc) is 1.97. The number of carbonyl (C=O) groups is 1. The quantitative estimate of drug-likeness (QED) is 0.231. The Morgan fingerprint density at radius 2 is 2.08 bits per heavy atom. The van der Waals surface area contributed by atoms with Crippen LogP contribution in [-0.4, -0.2) is 19.1 Å². The molecule has 0 radical (unpaired) electrons. The van der Waals surface area contributed by atoms with Crippen molar-refractivity contribution in [1.82, 2.24) is 0 Å². The molecule has 2 nitrogen and oxygen atoms in total. The lowest BCUT2D eigenvalue weighted by atomic mass is 10.6. The number of ether oxygens (including phenoxy) is 1. The predicted molar refractivity (Wildman–Crippen MR) is 53.6 cm³/mol. The van der Waals surface area contributed by atoms with Gasteiger partial charge in [0.05, 0.1) is 0 Å². The number of hydrogen-bond acceptors (Lipinski definition) is 2. The van der Waals surface area contributed by atoms with Crippen LogP contribution in [-0.2, 0) is 9.53 Å². The van der Waals surface area contributed by atoms with Gasteiger partial charge >= 0.3 is 5.97 Å². The highest BCUT2D eigenvalue weighted by Crippen LogP contribution is 2.17. The van der Waals surface area contributed by atoms with Gasteiger partial charge in [0.25, 0.3) is 0 Å². The zero-order valence-electron chi connectivity index (χ0n) is 7.34. The second-order valence-electron chi connectivity index (χ2n) is 2.86. The van der Waals surface area contributed by atoms with Gasteiger partial charge in [-0.3, -0.25) is 0 Å². The Morgan fingerprint density at radius 1 is 1.58 bits per heavy atom. The first-order chi connectivity index (χ1) is 5.41. The third-order valence-electron chi connectivity index (χ3n) is 1.30. The summed E-state index contributed by atoms with van der Waals surface area (Å²) < 4.78 is 4.97. The molecule has 0 bridgehead atoms. The summed E-state index contributed by atoms with van der Waals surface area (Å²) in [4.78, 5) is 10.8. The van der Waals surface area contributed by atoms with Gasteiger partial charge in [0.1, 0.15) is 5.73 Å². The molecule has 1 atom stereocenters. The number of rotatable bonds is 4. The van der Waals surface area contributed by atoms with Gasteiger partial charge in [0.15, 0.2) is 7.38 Å². The molecule has 0 aliphatic heterocycles. The Labute approximate surface area is 78.6 Å². The van der Waals surface area contributed by atoms with Crippen LogP contribution in [0.5, 0.6) is 0 Å². The van der Waals surface area contributed by atoms with Crippen molar-refractivity contribution in [3.63, 3.8) is 0 Å². The molecule has 68 valence electrons. The fourth-order valence-electron chi connectivity index (χ4n) is 0.642. The number of esters is 1. The summed E-state index contributed by atoms with van der Waals surface area (Å²) in [7, 11) is -2.00. The topological polar surface area (TPSA) is 26.3 Å². The van der Waals surface area contributed by atoms with Crippen LogP contribution in [0.4, 0.5) is 0 Å². The highest BCUT2D eigenvalue weighted by molar-refractivity contribution is 7.20. The molecule has 1 unspecified atom stereocenters. The summed E-state index contributed by atoms with van der Waals surface area (Å²) in [6, 6.07) is 0. The second-order valence-corrected chi connectivity index (χ2v) is 9.48. The van der Waals surface area contributed by atoms with Gasteiger partial charge in [-0.25, -0.2) is 4.79 Å². The Bertz CT molecular complexity index is 196. The second kappa shape index (κ2) is 4.47. The van der Waals surface area contributed by atoms with Crippen LogP contribution < -0.4 is 0 Å². The maximum Gasteiger partial charge on any atom is 0.330 e. The molecule has 0 heterocycles. The van der Waals surface area contributed by atoms with E-state index in [4.69, 9.17) is 15.8 Å². The van der Waals surface area contributed by atoms with Crippen LogP contribution in [0.2, 0.25) is 13.1 Å². The van der Waals surface area contributed by atoms with Crippen molar-refractivity contribution >= 4 is 24.4 Å². The molecule has 0 rings (SSSR count). The smallest absolute Gasteiger partial charge is 0.330 e. The highest BCUT2D eigenvalue weighted by atomic mass is 35.6. The van der Waals surface area contributed by atoms with Crippen LogP contribution in [0, 0.1) is 0 Å². The minimum Gasteiger partial charge on any atom is -0.457 e. The molecule has 12 heavy (non-hydrogen) atoms. The van der Waals surface area contributed by atoms with Crippen molar-refractivity contribution < 1.29 is 9.53 Å². The zero-order valence-corrected chi connectivity index (χ0v) is 9.10. The summed E-state index contributed by atoms with van der Waals surface area (Å²) in [6.45, 7) is 10.6. The van der Waals surface area contributed by atoms with Crippen LogP contribution in [0.3, 0.4) is 0 Å². The summed E-state index contributed by atoms with van der Waals surface area (Å²) in [5.41, 5.74) is -0.357. The normalized spacial score (nSPS) is 13.2. The van der Waals surface area contributed by atoms with Gasteiger partial charge in [0.2, 0.25) is 0 Å². The Balaban J connectivity index is 4.28. The van der Waals surface area contributed by atoms with Gasteiger partial charge in [-0.05, 0) is 0 Å². The van der Waals surface area contributed by atoms with Gasteiger partial charge < -0.3 is 4.74 Å². The van der Waals surface area contributed by atoms with Crippen LogP contribution in [0.25, 0.3) is 0 Å². The molecular formula is C8H13ClO2Si. The summed E-state index contributed by atoms with van der Waals surface area (Å²) in [5.74, 6) is -0.457. The molecule has 0 aromatic carbocycles. The summed E-state index contributed by atoms with van der Waals surface area (Å²) in [6.07, 6.45) is 2.67. The summed E-state index contributed by atoms with van der Waals surface area (Å²) >= 11 is 6.06. The Kier molecular flexibility index (Phi) is 4.27. The minimum atomic E-state index is -2.00. The summed E-state index contributed by atoms with van der Waals surface area (Å²) in [5, 5.41) is 0. The molecule has 0 N–H and O–H groups in total. The lowest BCUT2D eigenvalue weighted by molar-refractivity contribution is -0.138. The largest absolute Gasteiger partial charge is 0.457 e. The monoisotopic (exact) mass is 204 g/mol. The van der Waals surface area contributed by atoms with Crippen molar-refractivity contribution in [2.45, 2.75) is 18.8 Å². The maximum atomic E-state index is 10.8. The number of halogens is 1. The number of hydrogen-bond donors (Lipinski definition) is 0. The fourth-order valence-corrected chi connectivity index (χ4v) is 2.00. The zero-order chi connectivity index (χ0) is 9.78. The number of carbonyl (C=O) groups excluding carboxylic acids is 1. The lowest BCUT2D eigenvalue weighted by Gasteiger charge is -2.22. The van der Waals surface area contributed by atoms with Crippen molar-refractivity contribution in [1.29, 1.82) is 0 Å². The SMILES string of the molecule is C=CC(=O)OC(C=C)[Si](C)(C)Cl. The molecule has 4 heteroatoms. The molecular weight excluding hydrogens is 192 g/mol. The Morgan fingerprint density at radius 3 is 2.33 bits per heavy atom. The first-order valence-electron chi connectivity index (χ1n) is 3.56. The van der Waals surface area contributed by atoms with Crippen molar-refractivity contribution in [3.05, 3.63) is 25.3 Å². The van der Waals surface area contributed by atoms with Crippen molar-refractivity contribution in [3.8, 4) is 0 Å². The third-order valence-corrected chi connectivity index (χ3v) is 3.65. The van der Waals surface area contributed by atoms with E-state index in [9.17, 15) is 4.79 Å². The van der Waals surface area contributed by atoms with Crippen molar-refractivity contribution in [2.24, 2.45) is 0 Å². The molecule has 0 aliphatic rings. The molecule has 0 aromatic heterocycles. The van der Waals surface area contributed by atoms with Gasteiger partial charge in [-0.2, -0.15) is 11.1 Å². The van der Waals surface area contributed by atoms with Crippen LogP contribution in [0.15, 0.2) is 25.3 Å². The molecule has 0 saturated heterocycles. The third kappa shape index (κ3) is 3.73. The first kappa shape index (κ1) is 11.5. The molecule has 0 saturated carbocycles. The molecule has 0 aliphatic carbocycles. The molecule has 0 fully saturated rings. The Hall–Kier alpha value is -0.543. The maximum absolute atomic E-state index is 10.8. The van der Waals surface area contributed by atoms with Gasteiger partial charge in [0, 0.05) is 6.08 Å². The van der Waals surface area contributed by atoms with Crippen LogP contribution in [0.1, 0.15) is 0 Å². The highest BCUT2D eigenvalue weighted by Gasteiger charge is 2.30. The first-order valence-corrected chi connectivity index (χ1v) is 7.65. The van der Waals surface area contributed by atoms with E-state index in [2.05, 4.69) is 13.2 Å². The van der Waals surface area contributed by atoms with E-state index >= 15 is 0 Å². The standard InChI is InChI=1S/C8H13ClO2Si/c1-5-7(10)11-8(6-2)12(3,4)9/h5-6,8H,1-2H2,3-4H3. The fraction of sp³-hybridized carbons (Fsp3) is 0.375. The van der Waals surface area contributed by atoms with E-state index in [1.165, 1.54) is 0 Å².